The number of hydrogen-bond donors (Lipinski definition) is 3. The van der Waals surface area contributed by atoms with Gasteiger partial charge < -0.3 is 29.8 Å². The Morgan fingerprint density at radius 3 is 2.49 bits per heavy atom. The van der Waals surface area contributed by atoms with Crippen LogP contribution in [0.1, 0.15) is 104 Å². The summed E-state index contributed by atoms with van der Waals surface area (Å²) in [4.78, 5) is 67.7. The fraction of sp³-hybridized carbons (Fsp3) is 0.564. The van der Waals surface area contributed by atoms with Crippen molar-refractivity contribution >= 4 is 46.7 Å². The highest BCUT2D eigenvalue weighted by Gasteiger charge is 2.58. The maximum Gasteiger partial charge on any atom is 0.389 e. The van der Waals surface area contributed by atoms with Crippen molar-refractivity contribution in [3.63, 3.8) is 0 Å². The lowest BCUT2D eigenvalue weighted by Crippen LogP contribution is -2.59. The molecule has 4 heterocycles. The van der Waals surface area contributed by atoms with Gasteiger partial charge in [0.15, 0.2) is 0 Å². The largest absolute Gasteiger partial charge is 0.389 e. The summed E-state index contributed by atoms with van der Waals surface area (Å²) in [7, 11) is -5.05. The normalized spacial score (nSPS) is 26.0. The molecule has 7 rings (SSSR count). The Kier molecular flexibility index (Phi) is 11.3. The third kappa shape index (κ3) is 8.51. The number of alkyl halides is 4. The molecule has 3 aliphatic heterocycles. The molecule has 1 unspecified atom stereocenters. The zero-order valence-electron chi connectivity index (χ0n) is 30.6. The Balaban J connectivity index is 1.14. The number of rotatable bonds is 11. The van der Waals surface area contributed by atoms with E-state index in [1.807, 2.05) is 34.9 Å². The summed E-state index contributed by atoms with van der Waals surface area (Å²) >= 11 is 1.08. The molecule has 1 aromatic heterocycles. The second kappa shape index (κ2) is 15.5. The van der Waals surface area contributed by atoms with E-state index in [4.69, 9.17) is 0 Å². The van der Waals surface area contributed by atoms with Gasteiger partial charge >= 0.3 is 13.8 Å². The summed E-state index contributed by atoms with van der Waals surface area (Å²) in [5.41, 5.74) is 0.721. The van der Waals surface area contributed by atoms with Crippen molar-refractivity contribution in [1.29, 1.82) is 0 Å². The number of nitrogens with zero attached hydrogens (tertiary/aromatic N) is 3. The van der Waals surface area contributed by atoms with Gasteiger partial charge in [0.05, 0.1) is 4.88 Å². The number of hydrogen-bond acceptors (Lipinski definition) is 6. The van der Waals surface area contributed by atoms with Gasteiger partial charge in [0.25, 0.3) is 5.91 Å². The summed E-state index contributed by atoms with van der Waals surface area (Å²) in [5.74, 6) is -3.35. The summed E-state index contributed by atoms with van der Waals surface area (Å²) in [6.45, 7) is 3.19. The number of halogens is 4. The number of fused-ring (bicyclic) bond motifs is 2. The minimum atomic E-state index is -5.05. The molecule has 4 fully saturated rings. The minimum Gasteiger partial charge on any atom is -0.340 e. The summed E-state index contributed by atoms with van der Waals surface area (Å²) in [6, 6.07) is 13.4. The van der Waals surface area contributed by atoms with Crippen LogP contribution in [-0.4, -0.2) is 97.7 Å². The number of thiophene rings is 1. The van der Waals surface area contributed by atoms with Crippen LogP contribution >= 0.6 is 18.9 Å². The molecular weight excluding hydrogens is 759 g/mol. The molecule has 1 saturated carbocycles. The number of amides is 3. The van der Waals surface area contributed by atoms with Gasteiger partial charge in [-0.15, -0.1) is 11.3 Å². The number of carbonyl (C=O) groups excluding carboxylic acids is 3. The van der Waals surface area contributed by atoms with Crippen molar-refractivity contribution in [3.8, 4) is 0 Å². The Hall–Kier alpha value is -3.36. The van der Waals surface area contributed by atoms with E-state index in [1.54, 1.807) is 4.90 Å². The number of carbonyl (C=O) groups is 3. The molecule has 4 aliphatic rings. The molecule has 16 heteroatoms. The third-order valence-corrected chi connectivity index (χ3v) is 14.1. The monoisotopic (exact) mass is 806 g/mol. The van der Waals surface area contributed by atoms with E-state index in [-0.39, 0.29) is 65.2 Å². The predicted molar refractivity (Wildman–Crippen MR) is 200 cm³/mol. The minimum absolute atomic E-state index is 0.0625. The van der Waals surface area contributed by atoms with E-state index in [9.17, 15) is 46.3 Å². The van der Waals surface area contributed by atoms with Gasteiger partial charge in [-0.25, -0.2) is 4.39 Å². The molecule has 2 aromatic carbocycles. The van der Waals surface area contributed by atoms with E-state index < -0.39 is 44.1 Å². The Morgan fingerprint density at radius 2 is 1.82 bits per heavy atom. The van der Waals surface area contributed by atoms with Crippen LogP contribution in [0.2, 0.25) is 0 Å². The van der Waals surface area contributed by atoms with Gasteiger partial charge in [-0.2, -0.15) is 13.2 Å². The lowest BCUT2D eigenvalue weighted by atomic mass is 9.93. The van der Waals surface area contributed by atoms with Gasteiger partial charge in [0.1, 0.15) is 12.1 Å². The average molecular weight is 807 g/mol. The number of nitrogens with one attached hydrogen (secondary N) is 1. The van der Waals surface area contributed by atoms with E-state index in [1.165, 1.54) is 29.8 Å². The standard InChI is InChI=1S/C39H47F4N4O6PS/c1-2-45(18-6-15-39(41,42)43)28-10-12-30(44-35(48)33-20-26-19-25(9-14-32(26)55-33)34(40)54(51,52)53)36(49)47-29(21-28)11-13-31(47)37(50)46-23-27(22-38(46)16-17-38)24-7-4-3-5-8-24/h3-5,7-9,14,19-20,27-31,34H,2,6,10-13,15-18,21-23H2,1H3,(H,44,48)(H2,51,52,53)/t27-,28+,29-,30?,31+,34-/m1/s1. The van der Waals surface area contributed by atoms with Crippen LogP contribution in [0.15, 0.2) is 54.6 Å². The van der Waals surface area contributed by atoms with Crippen LogP contribution in [0.3, 0.4) is 0 Å². The third-order valence-electron chi connectivity index (χ3n) is 12.1. The van der Waals surface area contributed by atoms with Crippen molar-refractivity contribution in [2.75, 3.05) is 19.6 Å². The maximum atomic E-state index is 14.6. The molecule has 3 N–H and O–H groups in total. The zero-order chi connectivity index (χ0) is 39.3. The van der Waals surface area contributed by atoms with Crippen molar-refractivity contribution in [3.05, 3.63) is 70.6 Å². The van der Waals surface area contributed by atoms with Gasteiger partial charge in [0.2, 0.25) is 17.7 Å². The van der Waals surface area contributed by atoms with Gasteiger partial charge in [-0.1, -0.05) is 43.3 Å². The second-order valence-corrected chi connectivity index (χ2v) is 18.4. The Labute approximate surface area is 321 Å². The van der Waals surface area contributed by atoms with E-state index in [2.05, 4.69) is 17.4 Å². The first-order valence-electron chi connectivity index (χ1n) is 19.1. The maximum absolute atomic E-state index is 14.6. The molecule has 298 valence electrons. The smallest absolute Gasteiger partial charge is 0.340 e. The highest BCUT2D eigenvalue weighted by atomic mass is 32.1. The van der Waals surface area contributed by atoms with Crippen LogP contribution in [0.5, 0.6) is 0 Å². The first-order chi connectivity index (χ1) is 26.1. The first-order valence-corrected chi connectivity index (χ1v) is 21.6. The predicted octanol–water partition coefficient (Wildman–Crippen LogP) is 7.27. The quantitative estimate of drug-likeness (QED) is 0.137. The Morgan fingerprint density at radius 1 is 1.07 bits per heavy atom. The van der Waals surface area contributed by atoms with Crippen LogP contribution < -0.4 is 5.32 Å². The van der Waals surface area contributed by atoms with Crippen LogP contribution in [0.4, 0.5) is 17.6 Å². The van der Waals surface area contributed by atoms with Crippen molar-refractivity contribution in [2.45, 2.75) is 119 Å². The molecule has 3 amide bonds. The molecule has 3 aromatic rings. The lowest BCUT2D eigenvalue weighted by Gasteiger charge is -2.41. The highest BCUT2D eigenvalue weighted by molar-refractivity contribution is 7.51. The molecule has 1 aliphatic carbocycles. The fourth-order valence-corrected chi connectivity index (χ4v) is 10.7. The first kappa shape index (κ1) is 39.9. The van der Waals surface area contributed by atoms with Crippen LogP contribution in [-0.2, 0) is 14.2 Å². The molecule has 0 bridgehead atoms. The Bertz CT molecular complexity index is 1950. The highest BCUT2D eigenvalue weighted by Crippen LogP contribution is 2.55. The molecule has 0 radical (unpaired) electrons. The van der Waals surface area contributed by atoms with Crippen LogP contribution in [0.25, 0.3) is 10.1 Å². The van der Waals surface area contributed by atoms with Gasteiger partial charge in [0, 0.05) is 41.2 Å². The summed E-state index contributed by atoms with van der Waals surface area (Å²) < 4.78 is 65.9. The SMILES string of the molecule is CCN(CCCC(F)(F)F)[C@H]1CCC(NC(=O)c2cc3cc([C@H](F)P(=O)(O)O)ccc3s2)C(=O)N2[C@H](CC[C@H]2C(=O)N2C[C@H](c3ccccc3)CC23CC3)C1. The van der Waals surface area contributed by atoms with Crippen LogP contribution in [0, 0.1) is 0 Å². The van der Waals surface area contributed by atoms with E-state index in [0.29, 0.717) is 48.9 Å². The summed E-state index contributed by atoms with van der Waals surface area (Å²) in [5, 5.41) is 3.31. The van der Waals surface area contributed by atoms with Crippen molar-refractivity contribution in [2.24, 2.45) is 0 Å². The second-order valence-electron chi connectivity index (χ2n) is 15.7. The molecule has 3 saturated heterocycles. The van der Waals surface area contributed by atoms with Crippen molar-refractivity contribution < 1.29 is 46.3 Å². The zero-order valence-corrected chi connectivity index (χ0v) is 32.3. The average Bonchev–Trinajstić information content (AvgIpc) is 3.44. The number of benzene rings is 2. The van der Waals surface area contributed by atoms with E-state index >= 15 is 0 Å². The fourth-order valence-electron chi connectivity index (χ4n) is 9.20. The lowest BCUT2D eigenvalue weighted by molar-refractivity contribution is -0.148. The molecular formula is C39H47F4N4O6PS. The molecule has 55 heavy (non-hydrogen) atoms. The molecule has 1 spiro atoms. The summed E-state index contributed by atoms with van der Waals surface area (Å²) in [6.07, 6.45) is -0.391. The van der Waals surface area contributed by atoms with Gasteiger partial charge in [-0.3, -0.25) is 18.9 Å². The molecule has 10 nitrogen and oxygen atoms in total. The number of likely N-dealkylation sites (tertiary alicyclic amines) is 1. The molecule has 6 atom stereocenters. The topological polar surface area (TPSA) is 130 Å². The van der Waals surface area contributed by atoms with Crippen molar-refractivity contribution in [1.82, 2.24) is 20.0 Å². The van der Waals surface area contributed by atoms with E-state index in [0.717, 1.165) is 30.6 Å². The van der Waals surface area contributed by atoms with Gasteiger partial charge in [-0.05, 0) is 106 Å².